The van der Waals surface area contributed by atoms with Gasteiger partial charge in [0.05, 0.1) is 0 Å². The molecule has 1 aliphatic heterocycles. The number of hydrogen-bond donors (Lipinski definition) is 1. The highest BCUT2D eigenvalue weighted by atomic mass is 16.5. The Morgan fingerprint density at radius 1 is 0.826 bits per heavy atom. The van der Waals surface area contributed by atoms with Crippen LogP contribution in [0.3, 0.4) is 0 Å². The lowest BCUT2D eigenvalue weighted by atomic mass is 10.0. The third-order valence-corrected chi connectivity index (χ3v) is 4.23. The molecule has 2 nitrogen and oxygen atoms in total. The second kappa shape index (κ2) is 6.17. The Balaban J connectivity index is 1.54. The van der Waals surface area contributed by atoms with Gasteiger partial charge in [-0.25, -0.2) is 0 Å². The summed E-state index contributed by atoms with van der Waals surface area (Å²) in [5.74, 6) is 0.907. The third kappa shape index (κ3) is 3.07. The predicted molar refractivity (Wildman–Crippen MR) is 94.8 cm³/mol. The van der Waals surface area contributed by atoms with Crippen LogP contribution in [0.15, 0.2) is 72.8 Å². The summed E-state index contributed by atoms with van der Waals surface area (Å²) in [5, 5.41) is 3.40. The second-order valence-electron chi connectivity index (χ2n) is 5.85. The van der Waals surface area contributed by atoms with Crippen molar-refractivity contribution >= 4 is 5.69 Å². The summed E-state index contributed by atoms with van der Waals surface area (Å²) in [6.07, 6.45) is 1.10. The van der Waals surface area contributed by atoms with Crippen molar-refractivity contribution in [3.63, 3.8) is 0 Å². The van der Waals surface area contributed by atoms with E-state index < -0.39 is 0 Å². The van der Waals surface area contributed by atoms with Crippen LogP contribution < -0.4 is 10.1 Å². The van der Waals surface area contributed by atoms with E-state index in [0.29, 0.717) is 6.61 Å². The third-order valence-electron chi connectivity index (χ3n) is 4.23. The average Bonchev–Trinajstić information content (AvgIpc) is 3.09. The van der Waals surface area contributed by atoms with Crippen molar-refractivity contribution < 1.29 is 4.74 Å². The van der Waals surface area contributed by atoms with E-state index in [1.54, 1.807) is 0 Å². The average molecular weight is 301 g/mol. The summed E-state index contributed by atoms with van der Waals surface area (Å²) in [5.41, 5.74) is 6.30. The molecule has 0 aliphatic carbocycles. The molecule has 0 radical (unpaired) electrons. The minimum absolute atomic E-state index is 0.596. The van der Waals surface area contributed by atoms with E-state index in [1.165, 1.54) is 27.9 Å². The summed E-state index contributed by atoms with van der Waals surface area (Å²) < 4.78 is 5.93. The van der Waals surface area contributed by atoms with Crippen molar-refractivity contribution in [2.75, 3.05) is 11.9 Å². The molecule has 3 aromatic carbocycles. The van der Waals surface area contributed by atoms with Gasteiger partial charge >= 0.3 is 0 Å². The molecule has 0 unspecified atom stereocenters. The van der Waals surface area contributed by atoms with Gasteiger partial charge in [-0.2, -0.15) is 0 Å². The summed E-state index contributed by atoms with van der Waals surface area (Å²) in [6.45, 7) is 1.64. The van der Waals surface area contributed by atoms with Crippen molar-refractivity contribution in [2.24, 2.45) is 0 Å². The number of benzene rings is 3. The lowest BCUT2D eigenvalue weighted by Crippen LogP contribution is -1.95. The number of fused-ring (bicyclic) bond motifs is 1. The lowest BCUT2D eigenvalue weighted by Gasteiger charge is -2.09. The molecule has 0 atom stereocenters. The zero-order valence-electron chi connectivity index (χ0n) is 13.0. The minimum Gasteiger partial charge on any atom is -0.489 e. The Labute approximate surface area is 136 Å². The van der Waals surface area contributed by atoms with Crippen molar-refractivity contribution in [1.82, 2.24) is 0 Å². The van der Waals surface area contributed by atoms with Crippen molar-refractivity contribution in [1.29, 1.82) is 0 Å². The van der Waals surface area contributed by atoms with Crippen LogP contribution in [0.4, 0.5) is 5.69 Å². The van der Waals surface area contributed by atoms with E-state index in [-0.39, 0.29) is 0 Å². The van der Waals surface area contributed by atoms with E-state index in [4.69, 9.17) is 4.74 Å². The van der Waals surface area contributed by atoms with Gasteiger partial charge < -0.3 is 10.1 Å². The topological polar surface area (TPSA) is 21.3 Å². The van der Waals surface area contributed by atoms with Crippen LogP contribution in [-0.4, -0.2) is 6.54 Å². The van der Waals surface area contributed by atoms with Crippen LogP contribution in [0.1, 0.15) is 11.1 Å². The molecule has 0 saturated heterocycles. The molecule has 23 heavy (non-hydrogen) atoms. The van der Waals surface area contributed by atoms with E-state index in [2.05, 4.69) is 53.8 Å². The van der Waals surface area contributed by atoms with Gasteiger partial charge in [-0.3, -0.25) is 0 Å². The summed E-state index contributed by atoms with van der Waals surface area (Å²) in [4.78, 5) is 0. The highest BCUT2D eigenvalue weighted by molar-refractivity contribution is 5.70. The molecule has 1 N–H and O–H groups in total. The normalized spacial score (nSPS) is 12.5. The molecule has 1 heterocycles. The van der Waals surface area contributed by atoms with E-state index in [9.17, 15) is 0 Å². The van der Waals surface area contributed by atoms with Gasteiger partial charge in [-0.15, -0.1) is 0 Å². The van der Waals surface area contributed by atoms with Gasteiger partial charge in [0.2, 0.25) is 0 Å². The van der Waals surface area contributed by atoms with Crippen LogP contribution in [0.5, 0.6) is 5.75 Å². The maximum absolute atomic E-state index is 5.93. The second-order valence-corrected chi connectivity index (χ2v) is 5.85. The number of nitrogens with one attached hydrogen (secondary N) is 1. The Hall–Kier alpha value is -2.74. The summed E-state index contributed by atoms with van der Waals surface area (Å²) >= 11 is 0. The minimum atomic E-state index is 0.596. The Morgan fingerprint density at radius 2 is 1.70 bits per heavy atom. The first kappa shape index (κ1) is 13.9. The zero-order valence-corrected chi connectivity index (χ0v) is 13.0. The molecule has 3 aromatic rings. The number of hydrogen-bond acceptors (Lipinski definition) is 2. The highest BCUT2D eigenvalue weighted by Crippen LogP contribution is 2.30. The molecule has 4 rings (SSSR count). The van der Waals surface area contributed by atoms with Crippen LogP contribution in [0.2, 0.25) is 0 Å². The highest BCUT2D eigenvalue weighted by Gasteiger charge is 2.10. The van der Waals surface area contributed by atoms with Crippen molar-refractivity contribution in [3.05, 3.63) is 83.9 Å². The molecule has 0 aromatic heterocycles. The monoisotopic (exact) mass is 301 g/mol. The first-order valence-corrected chi connectivity index (χ1v) is 8.02. The fourth-order valence-corrected chi connectivity index (χ4v) is 2.99. The number of ether oxygens (including phenoxy) is 1. The van der Waals surface area contributed by atoms with E-state index in [0.717, 1.165) is 18.7 Å². The van der Waals surface area contributed by atoms with Crippen molar-refractivity contribution in [2.45, 2.75) is 13.0 Å². The summed E-state index contributed by atoms with van der Waals surface area (Å²) in [7, 11) is 0. The molecule has 0 spiro atoms. The number of rotatable bonds is 4. The maximum atomic E-state index is 5.93. The smallest absolute Gasteiger partial charge is 0.120 e. The van der Waals surface area contributed by atoms with Crippen molar-refractivity contribution in [3.8, 4) is 16.9 Å². The first-order chi connectivity index (χ1) is 11.4. The molecule has 1 aliphatic rings. The maximum Gasteiger partial charge on any atom is 0.120 e. The first-order valence-electron chi connectivity index (χ1n) is 8.02. The van der Waals surface area contributed by atoms with E-state index in [1.807, 2.05) is 24.3 Å². The molecule has 2 heteroatoms. The molecule has 0 amide bonds. The van der Waals surface area contributed by atoms with Gasteiger partial charge in [0.25, 0.3) is 0 Å². The van der Waals surface area contributed by atoms with Crippen LogP contribution in [0, 0.1) is 0 Å². The zero-order chi connectivity index (χ0) is 15.5. The van der Waals surface area contributed by atoms with Crippen LogP contribution >= 0.6 is 0 Å². The predicted octanol–water partition coefficient (Wildman–Crippen LogP) is 4.90. The van der Waals surface area contributed by atoms with Gasteiger partial charge in [0.15, 0.2) is 0 Å². The molecular weight excluding hydrogens is 282 g/mol. The fourth-order valence-electron chi connectivity index (χ4n) is 2.99. The SMILES string of the molecule is c1ccc(COc2cccc(-c3ccc4c(c3)CCN4)c2)cc1. The Bertz CT molecular complexity index is 811. The van der Waals surface area contributed by atoms with Gasteiger partial charge in [-0.1, -0.05) is 48.5 Å². The quantitative estimate of drug-likeness (QED) is 0.740. The number of anilines is 1. The molecule has 0 bridgehead atoms. The van der Waals surface area contributed by atoms with Gasteiger partial charge in [0.1, 0.15) is 12.4 Å². The fraction of sp³-hybridized carbons (Fsp3) is 0.143. The van der Waals surface area contributed by atoms with Crippen LogP contribution in [-0.2, 0) is 13.0 Å². The Morgan fingerprint density at radius 3 is 2.61 bits per heavy atom. The summed E-state index contributed by atoms with van der Waals surface area (Å²) in [6, 6.07) is 25.2. The van der Waals surface area contributed by atoms with Gasteiger partial charge in [0, 0.05) is 12.2 Å². The molecule has 114 valence electrons. The molecular formula is C21H19NO. The Kier molecular flexibility index (Phi) is 3.73. The van der Waals surface area contributed by atoms with Gasteiger partial charge in [-0.05, 0) is 52.9 Å². The largest absolute Gasteiger partial charge is 0.489 e. The molecule has 0 saturated carbocycles. The molecule has 0 fully saturated rings. The lowest BCUT2D eigenvalue weighted by molar-refractivity contribution is 0.306. The van der Waals surface area contributed by atoms with E-state index >= 15 is 0 Å². The van der Waals surface area contributed by atoms with Crippen LogP contribution in [0.25, 0.3) is 11.1 Å². The standard InChI is InChI=1S/C21H19NO/c1-2-5-16(6-3-1)15-23-20-8-4-7-17(14-20)18-9-10-21-19(13-18)11-12-22-21/h1-10,13-14,22H,11-12,15H2.